The fourth-order valence-corrected chi connectivity index (χ4v) is 6.89. The zero-order chi connectivity index (χ0) is 22.9. The summed E-state index contributed by atoms with van der Waals surface area (Å²) in [6.07, 6.45) is 23.2. The van der Waals surface area contributed by atoms with Crippen molar-refractivity contribution in [3.63, 3.8) is 0 Å². The van der Waals surface area contributed by atoms with Crippen molar-refractivity contribution >= 4 is 0 Å². The summed E-state index contributed by atoms with van der Waals surface area (Å²) in [5, 5.41) is 0. The van der Waals surface area contributed by atoms with Crippen molar-refractivity contribution in [1.29, 1.82) is 0 Å². The lowest BCUT2D eigenvalue weighted by Gasteiger charge is -2.60. The zero-order valence-electron chi connectivity index (χ0n) is 22.1. The van der Waals surface area contributed by atoms with Crippen LogP contribution in [0.5, 0.6) is 0 Å². The lowest BCUT2D eigenvalue weighted by Crippen LogP contribution is -2.52. The number of hydrogen-bond acceptors (Lipinski definition) is 0. The van der Waals surface area contributed by atoms with Gasteiger partial charge in [0.15, 0.2) is 0 Å². The van der Waals surface area contributed by atoms with Crippen LogP contribution in [0.4, 0.5) is 0 Å². The zero-order valence-corrected chi connectivity index (χ0v) is 22.1. The van der Waals surface area contributed by atoms with Crippen LogP contribution >= 0.6 is 0 Å². The molecule has 0 radical (unpaired) electrons. The van der Waals surface area contributed by atoms with E-state index in [1.807, 2.05) is 13.8 Å². The maximum atomic E-state index is 5.73. The Labute approximate surface area is 191 Å². The van der Waals surface area contributed by atoms with Gasteiger partial charge in [-0.2, -0.15) is 0 Å². The Morgan fingerprint density at radius 2 is 1.57 bits per heavy atom. The fourth-order valence-electron chi connectivity index (χ4n) is 6.89. The minimum absolute atomic E-state index is 0.528. The number of rotatable bonds is 0. The normalized spacial score (nSPS) is 40.6. The molecule has 0 bridgehead atoms. The van der Waals surface area contributed by atoms with Crippen LogP contribution in [0.25, 0.3) is 0 Å². The fraction of sp³-hybridized carbons (Fsp3) is 0.867. The highest BCUT2D eigenvalue weighted by Gasteiger charge is 2.56. The van der Waals surface area contributed by atoms with Crippen molar-refractivity contribution < 1.29 is 0 Å². The highest BCUT2D eigenvalue weighted by molar-refractivity contribution is 5.16. The molecule has 4 aliphatic carbocycles. The van der Waals surface area contributed by atoms with Gasteiger partial charge in [-0.3, -0.25) is 0 Å². The molecule has 4 aliphatic rings. The van der Waals surface area contributed by atoms with Crippen LogP contribution in [0.15, 0.2) is 12.2 Å². The molecule has 0 aromatic carbocycles. The molecule has 3 fully saturated rings. The molecule has 30 heavy (non-hydrogen) atoms. The van der Waals surface area contributed by atoms with E-state index in [0.717, 1.165) is 29.6 Å². The van der Waals surface area contributed by atoms with E-state index in [0.29, 0.717) is 16.7 Å². The van der Waals surface area contributed by atoms with Crippen LogP contribution < -0.4 is 0 Å². The Balaban J connectivity index is 0.000000434. The lowest BCUT2D eigenvalue weighted by atomic mass is 9.45. The van der Waals surface area contributed by atoms with Crippen molar-refractivity contribution in [1.82, 2.24) is 0 Å². The number of allylic oxidation sites excluding steroid dienone is 2. The molecule has 0 saturated heterocycles. The molecule has 7 atom stereocenters. The smallest absolute Gasteiger partial charge is 0.0203 e. The molecule has 4 rings (SSSR count). The Morgan fingerprint density at radius 3 is 2.13 bits per heavy atom. The van der Waals surface area contributed by atoms with Gasteiger partial charge in [-0.15, -0.1) is 12.3 Å². The predicted octanol–water partition coefficient (Wildman–Crippen LogP) is 9.55. The molecule has 0 amide bonds. The average Bonchev–Trinajstić information content (AvgIpc) is 3.11. The van der Waals surface area contributed by atoms with Gasteiger partial charge in [-0.25, -0.2) is 0 Å². The Kier molecular flexibility index (Phi) is 11.3. The van der Waals surface area contributed by atoms with Gasteiger partial charge in [-0.05, 0) is 91.8 Å². The summed E-state index contributed by atoms with van der Waals surface area (Å²) in [6.45, 7) is 19.9. The first-order valence-electron chi connectivity index (χ1n) is 13.4. The van der Waals surface area contributed by atoms with Crippen LogP contribution in [0, 0.1) is 58.7 Å². The summed E-state index contributed by atoms with van der Waals surface area (Å²) in [4.78, 5) is 0. The molecule has 0 nitrogen and oxygen atoms in total. The molecule has 0 aromatic rings. The molecule has 3 saturated carbocycles. The number of fused-ring (bicyclic) bond motifs is 5. The SMILES string of the molecule is C#CC1CCC2(C)C(CCC3C4CC=CC4(C)CCC32)C1.CC.CC(C)C.CCC. The van der Waals surface area contributed by atoms with E-state index in [1.165, 1.54) is 57.8 Å². The third kappa shape index (κ3) is 6.17. The maximum absolute atomic E-state index is 5.73. The van der Waals surface area contributed by atoms with E-state index in [9.17, 15) is 0 Å². The van der Waals surface area contributed by atoms with E-state index in [4.69, 9.17) is 6.42 Å². The summed E-state index contributed by atoms with van der Waals surface area (Å²) in [7, 11) is 0. The van der Waals surface area contributed by atoms with Crippen LogP contribution in [0.1, 0.15) is 120 Å². The van der Waals surface area contributed by atoms with Crippen LogP contribution in [0.3, 0.4) is 0 Å². The van der Waals surface area contributed by atoms with Gasteiger partial charge in [0.2, 0.25) is 0 Å². The Hall–Kier alpha value is -0.700. The van der Waals surface area contributed by atoms with Gasteiger partial charge in [0, 0.05) is 5.92 Å². The number of terminal acetylenes is 1. The van der Waals surface area contributed by atoms with Crippen LogP contribution in [-0.4, -0.2) is 0 Å². The molecular weight excluding hydrogens is 360 g/mol. The first-order valence-corrected chi connectivity index (χ1v) is 13.4. The molecule has 7 unspecified atom stereocenters. The lowest BCUT2D eigenvalue weighted by molar-refractivity contribution is -0.102. The second-order valence-corrected chi connectivity index (χ2v) is 11.4. The minimum atomic E-state index is 0.528. The molecule has 0 spiro atoms. The standard InChI is InChI=1S/C21H30.C4H10.C3H8.C2H6/c1-4-15-9-13-21(3)16(14-15)7-8-17-18-6-5-11-20(18,2)12-10-19(17)21;1-4(2)3;1-3-2;1-2/h1,5,11,15-19H,6-10,12-14H2,2-3H3;4H,1-3H3;3H2,1-2H3;1-2H3. The van der Waals surface area contributed by atoms with Gasteiger partial charge in [0.1, 0.15) is 0 Å². The average molecular weight is 415 g/mol. The summed E-state index contributed by atoms with van der Waals surface area (Å²) in [6, 6.07) is 0. The van der Waals surface area contributed by atoms with E-state index < -0.39 is 0 Å². The first kappa shape index (κ1) is 27.3. The largest absolute Gasteiger partial charge is 0.120 e. The Bertz CT molecular complexity index is 546. The van der Waals surface area contributed by atoms with Crippen molar-refractivity contribution in [2.75, 3.05) is 0 Å². The van der Waals surface area contributed by atoms with E-state index in [-0.39, 0.29) is 0 Å². The predicted molar refractivity (Wildman–Crippen MR) is 136 cm³/mol. The monoisotopic (exact) mass is 414 g/mol. The molecular formula is C30H54. The van der Waals surface area contributed by atoms with E-state index >= 15 is 0 Å². The summed E-state index contributed by atoms with van der Waals surface area (Å²) in [5.41, 5.74) is 1.13. The third-order valence-electron chi connectivity index (χ3n) is 8.23. The Morgan fingerprint density at radius 1 is 0.967 bits per heavy atom. The van der Waals surface area contributed by atoms with Crippen molar-refractivity contribution in [3.05, 3.63) is 12.2 Å². The summed E-state index contributed by atoms with van der Waals surface area (Å²) < 4.78 is 0. The quantitative estimate of drug-likeness (QED) is 0.273. The van der Waals surface area contributed by atoms with Gasteiger partial charge < -0.3 is 0 Å². The van der Waals surface area contributed by atoms with Gasteiger partial charge in [0.05, 0.1) is 0 Å². The van der Waals surface area contributed by atoms with Gasteiger partial charge in [-0.1, -0.05) is 80.9 Å². The number of hydrogen-bond donors (Lipinski definition) is 0. The van der Waals surface area contributed by atoms with Crippen molar-refractivity contribution in [3.8, 4) is 12.3 Å². The molecule has 0 heteroatoms. The minimum Gasteiger partial charge on any atom is -0.120 e. The molecule has 174 valence electrons. The second-order valence-electron chi connectivity index (χ2n) is 11.4. The van der Waals surface area contributed by atoms with Gasteiger partial charge in [0.25, 0.3) is 0 Å². The molecule has 0 aromatic heterocycles. The van der Waals surface area contributed by atoms with Crippen molar-refractivity contribution in [2.45, 2.75) is 120 Å². The summed E-state index contributed by atoms with van der Waals surface area (Å²) in [5.74, 6) is 8.28. The van der Waals surface area contributed by atoms with E-state index in [1.54, 1.807) is 0 Å². The molecule has 0 heterocycles. The highest BCUT2D eigenvalue weighted by atomic mass is 14.6. The van der Waals surface area contributed by atoms with Crippen molar-refractivity contribution in [2.24, 2.45) is 46.3 Å². The van der Waals surface area contributed by atoms with E-state index in [2.05, 4.69) is 66.5 Å². The topological polar surface area (TPSA) is 0 Å². The highest BCUT2D eigenvalue weighted by Crippen LogP contribution is 2.65. The maximum Gasteiger partial charge on any atom is 0.0203 e. The molecule has 0 aliphatic heterocycles. The first-order chi connectivity index (χ1) is 14.2. The van der Waals surface area contributed by atoms with Crippen LogP contribution in [-0.2, 0) is 0 Å². The molecule has 0 N–H and O–H groups in total. The second kappa shape index (κ2) is 12.4. The van der Waals surface area contributed by atoms with Gasteiger partial charge >= 0.3 is 0 Å². The van der Waals surface area contributed by atoms with Crippen LogP contribution in [0.2, 0.25) is 0 Å². The summed E-state index contributed by atoms with van der Waals surface area (Å²) >= 11 is 0. The third-order valence-corrected chi connectivity index (χ3v) is 8.23.